The van der Waals surface area contributed by atoms with Gasteiger partial charge in [-0.3, -0.25) is 4.99 Å². The van der Waals surface area contributed by atoms with E-state index in [0.717, 1.165) is 37.8 Å². The maximum Gasteiger partial charge on any atom is 0.191 e. The zero-order valence-electron chi connectivity index (χ0n) is 10.3. The lowest BCUT2D eigenvalue weighted by Gasteiger charge is -2.13. The van der Waals surface area contributed by atoms with E-state index in [9.17, 15) is 0 Å². The Morgan fingerprint density at radius 1 is 1.27 bits per heavy atom. The molecule has 90 valence electrons. The first-order valence-electron chi connectivity index (χ1n) is 5.29. The van der Waals surface area contributed by atoms with E-state index >= 15 is 0 Å². The van der Waals surface area contributed by atoms with E-state index in [0.29, 0.717) is 0 Å². The van der Waals surface area contributed by atoms with Crippen molar-refractivity contribution in [1.82, 2.24) is 15.5 Å². The van der Waals surface area contributed by atoms with Gasteiger partial charge in [0.2, 0.25) is 0 Å². The number of hydrogen-bond acceptors (Lipinski definition) is 3. The lowest BCUT2D eigenvalue weighted by molar-refractivity contribution is 0.399. The molecular weight excluding hydrogens is 208 g/mol. The zero-order chi connectivity index (χ0) is 11.5. The average Bonchev–Trinajstić information content (AvgIpc) is 2.21. The number of nitrogens with one attached hydrogen (secondary N) is 2. The Morgan fingerprint density at radius 2 is 1.93 bits per heavy atom. The quantitative estimate of drug-likeness (QED) is 0.380. The molecule has 2 N–H and O–H groups in total. The lowest BCUT2D eigenvalue weighted by Crippen LogP contribution is -2.39. The van der Waals surface area contributed by atoms with E-state index in [-0.39, 0.29) is 0 Å². The van der Waals surface area contributed by atoms with Crippen LogP contribution in [0.2, 0.25) is 0 Å². The van der Waals surface area contributed by atoms with Crippen LogP contribution in [-0.2, 0) is 0 Å². The Hall–Kier alpha value is -0.420. The smallest absolute Gasteiger partial charge is 0.191 e. The predicted molar refractivity (Wildman–Crippen MR) is 70.9 cm³/mol. The fourth-order valence-electron chi connectivity index (χ4n) is 1.09. The van der Waals surface area contributed by atoms with Gasteiger partial charge in [0, 0.05) is 25.9 Å². The summed E-state index contributed by atoms with van der Waals surface area (Å²) < 4.78 is 0. The normalized spacial score (nSPS) is 11.9. The second kappa shape index (κ2) is 10.1. The third-order valence-electron chi connectivity index (χ3n) is 1.90. The van der Waals surface area contributed by atoms with Crippen LogP contribution >= 0.6 is 11.8 Å². The molecule has 0 bridgehead atoms. The molecule has 0 amide bonds. The van der Waals surface area contributed by atoms with Gasteiger partial charge in [-0.2, -0.15) is 11.8 Å². The van der Waals surface area contributed by atoms with Crippen molar-refractivity contribution in [2.45, 2.75) is 6.42 Å². The highest BCUT2D eigenvalue weighted by Crippen LogP contribution is 1.87. The number of aliphatic imine (C=N–C) groups is 1. The molecule has 5 heteroatoms. The van der Waals surface area contributed by atoms with E-state index in [4.69, 9.17) is 0 Å². The van der Waals surface area contributed by atoms with Crippen LogP contribution in [0.3, 0.4) is 0 Å². The summed E-state index contributed by atoms with van der Waals surface area (Å²) in [6.45, 7) is 3.04. The Bertz CT molecular complexity index is 171. The van der Waals surface area contributed by atoms with Gasteiger partial charge in [-0.15, -0.1) is 0 Å². The van der Waals surface area contributed by atoms with E-state index in [1.165, 1.54) is 0 Å². The minimum atomic E-state index is 0.905. The van der Waals surface area contributed by atoms with Gasteiger partial charge in [-0.25, -0.2) is 0 Å². The number of rotatable bonds is 7. The summed E-state index contributed by atoms with van der Waals surface area (Å²) in [7, 11) is 5.98. The SMILES string of the molecule is CN=C(NCCCN(C)C)NCCSC. The molecule has 0 aromatic carbocycles. The Morgan fingerprint density at radius 3 is 2.47 bits per heavy atom. The number of nitrogens with zero attached hydrogens (tertiary/aromatic N) is 2. The number of thioether (sulfide) groups is 1. The Kier molecular flexibility index (Phi) is 9.83. The van der Waals surface area contributed by atoms with Crippen LogP contribution in [0.5, 0.6) is 0 Å². The molecule has 0 fully saturated rings. The van der Waals surface area contributed by atoms with Crippen LogP contribution < -0.4 is 10.6 Å². The molecule has 15 heavy (non-hydrogen) atoms. The highest BCUT2D eigenvalue weighted by molar-refractivity contribution is 7.98. The summed E-state index contributed by atoms with van der Waals surface area (Å²) in [5, 5.41) is 6.55. The standard InChI is InChI=1S/C10H24N4S/c1-11-10(13-7-9-15-4)12-6-5-8-14(2)3/h5-9H2,1-4H3,(H2,11,12,13). The number of guanidine groups is 1. The van der Waals surface area contributed by atoms with Gasteiger partial charge in [-0.1, -0.05) is 0 Å². The van der Waals surface area contributed by atoms with E-state index < -0.39 is 0 Å². The van der Waals surface area contributed by atoms with Crippen molar-refractivity contribution in [2.24, 2.45) is 4.99 Å². The Labute approximate surface area is 97.9 Å². The van der Waals surface area contributed by atoms with Gasteiger partial charge < -0.3 is 15.5 Å². The molecule has 0 radical (unpaired) electrons. The first-order valence-corrected chi connectivity index (χ1v) is 6.68. The molecule has 0 saturated carbocycles. The Balaban J connectivity index is 3.45. The minimum Gasteiger partial charge on any atom is -0.356 e. The topological polar surface area (TPSA) is 39.7 Å². The summed E-state index contributed by atoms with van der Waals surface area (Å²) in [5.41, 5.74) is 0. The van der Waals surface area contributed by atoms with Crippen LogP contribution in [0, 0.1) is 0 Å². The second-order valence-electron chi connectivity index (χ2n) is 3.58. The van der Waals surface area contributed by atoms with Crippen molar-refractivity contribution >= 4 is 17.7 Å². The predicted octanol–water partition coefficient (Wildman–Crippen LogP) is 0.466. The van der Waals surface area contributed by atoms with Crippen LogP contribution in [0.15, 0.2) is 4.99 Å². The molecule has 0 rings (SSSR count). The van der Waals surface area contributed by atoms with Crippen molar-refractivity contribution < 1.29 is 0 Å². The molecular formula is C10H24N4S. The average molecular weight is 232 g/mol. The van der Waals surface area contributed by atoms with Crippen LogP contribution in [-0.4, -0.2) is 63.6 Å². The molecule has 0 saturated heterocycles. The summed E-state index contributed by atoms with van der Waals surface area (Å²) in [4.78, 5) is 6.33. The summed E-state index contributed by atoms with van der Waals surface area (Å²) in [6, 6.07) is 0. The van der Waals surface area contributed by atoms with Crippen molar-refractivity contribution in [1.29, 1.82) is 0 Å². The molecule has 0 heterocycles. The van der Waals surface area contributed by atoms with Crippen molar-refractivity contribution in [3.05, 3.63) is 0 Å². The molecule has 0 unspecified atom stereocenters. The third-order valence-corrected chi connectivity index (χ3v) is 2.51. The van der Waals surface area contributed by atoms with Gasteiger partial charge in [0.15, 0.2) is 5.96 Å². The fraction of sp³-hybridized carbons (Fsp3) is 0.900. The maximum absolute atomic E-state index is 4.15. The van der Waals surface area contributed by atoms with E-state index in [1.807, 2.05) is 11.8 Å². The van der Waals surface area contributed by atoms with E-state index in [1.54, 1.807) is 7.05 Å². The summed E-state index contributed by atoms with van der Waals surface area (Å²) in [6.07, 6.45) is 3.24. The largest absolute Gasteiger partial charge is 0.356 e. The third kappa shape index (κ3) is 9.87. The van der Waals surface area contributed by atoms with E-state index in [2.05, 4.69) is 40.9 Å². The fourth-order valence-corrected chi connectivity index (χ4v) is 1.40. The zero-order valence-corrected chi connectivity index (χ0v) is 11.2. The molecule has 0 aliphatic heterocycles. The molecule has 0 spiro atoms. The maximum atomic E-state index is 4.15. The van der Waals surface area contributed by atoms with Crippen molar-refractivity contribution in [3.63, 3.8) is 0 Å². The van der Waals surface area contributed by atoms with Gasteiger partial charge in [-0.05, 0) is 33.3 Å². The molecule has 0 aliphatic carbocycles. The van der Waals surface area contributed by atoms with Crippen LogP contribution in [0.1, 0.15) is 6.42 Å². The summed E-state index contributed by atoms with van der Waals surface area (Å²) in [5.74, 6) is 2.01. The van der Waals surface area contributed by atoms with Gasteiger partial charge in [0.1, 0.15) is 0 Å². The van der Waals surface area contributed by atoms with Gasteiger partial charge >= 0.3 is 0 Å². The first-order chi connectivity index (χ1) is 7.20. The van der Waals surface area contributed by atoms with Crippen LogP contribution in [0.4, 0.5) is 0 Å². The number of hydrogen-bond donors (Lipinski definition) is 2. The molecule has 0 atom stereocenters. The molecule has 4 nitrogen and oxygen atoms in total. The molecule has 0 aromatic heterocycles. The lowest BCUT2D eigenvalue weighted by atomic mass is 10.4. The van der Waals surface area contributed by atoms with Crippen molar-refractivity contribution in [2.75, 3.05) is 52.8 Å². The van der Waals surface area contributed by atoms with Crippen molar-refractivity contribution in [3.8, 4) is 0 Å². The molecule has 0 aromatic rings. The monoisotopic (exact) mass is 232 g/mol. The van der Waals surface area contributed by atoms with Gasteiger partial charge in [0.25, 0.3) is 0 Å². The van der Waals surface area contributed by atoms with Crippen LogP contribution in [0.25, 0.3) is 0 Å². The first kappa shape index (κ1) is 14.6. The highest BCUT2D eigenvalue weighted by atomic mass is 32.2. The minimum absolute atomic E-state index is 0.905. The van der Waals surface area contributed by atoms with Gasteiger partial charge in [0.05, 0.1) is 0 Å². The summed E-state index contributed by atoms with van der Waals surface area (Å²) >= 11 is 1.83. The highest BCUT2D eigenvalue weighted by Gasteiger charge is 1.96. The second-order valence-corrected chi connectivity index (χ2v) is 4.56. The molecule has 0 aliphatic rings.